The highest BCUT2D eigenvalue weighted by Gasteiger charge is 2.11. The van der Waals surface area contributed by atoms with Gasteiger partial charge in [-0.2, -0.15) is 0 Å². The van der Waals surface area contributed by atoms with Gasteiger partial charge in [-0.25, -0.2) is 0 Å². The molecule has 0 aliphatic carbocycles. The van der Waals surface area contributed by atoms with Gasteiger partial charge in [0.05, 0.1) is 5.69 Å². The zero-order valence-electron chi connectivity index (χ0n) is 9.72. The van der Waals surface area contributed by atoms with Gasteiger partial charge in [-0.3, -0.25) is 9.78 Å². The molecule has 1 aromatic rings. The maximum atomic E-state index is 11.0. The summed E-state index contributed by atoms with van der Waals surface area (Å²) < 4.78 is 5.19. The quantitative estimate of drug-likeness (QED) is 0.564. The van der Waals surface area contributed by atoms with Crippen LogP contribution in [0, 0.1) is 0 Å². The van der Waals surface area contributed by atoms with Crippen molar-refractivity contribution >= 4 is 5.97 Å². The third-order valence-corrected chi connectivity index (χ3v) is 2.04. The number of pyridine rings is 1. The second-order valence-corrected chi connectivity index (χ2v) is 3.50. The number of carbonyl (C=O) groups is 1. The standard InChI is InChI=1S/C13H17NO2/c1-3-4-5-9-13(16-11(2)15)12-8-6-7-10-14-12/h5-10,13H,3-4H2,1-2H3/b9-5+. The number of allylic oxidation sites excluding steroid dienone is 1. The van der Waals surface area contributed by atoms with Crippen LogP contribution in [0.5, 0.6) is 0 Å². The average Bonchev–Trinajstić information content (AvgIpc) is 2.29. The Morgan fingerprint density at radius 1 is 1.56 bits per heavy atom. The van der Waals surface area contributed by atoms with Crippen molar-refractivity contribution in [2.24, 2.45) is 0 Å². The van der Waals surface area contributed by atoms with Crippen molar-refractivity contribution in [3.8, 4) is 0 Å². The Kier molecular flexibility index (Phi) is 5.26. The minimum absolute atomic E-state index is 0.295. The first kappa shape index (κ1) is 12.4. The number of aromatic nitrogens is 1. The van der Waals surface area contributed by atoms with E-state index in [2.05, 4.69) is 11.9 Å². The van der Waals surface area contributed by atoms with E-state index in [0.717, 1.165) is 18.5 Å². The van der Waals surface area contributed by atoms with Crippen LogP contribution in [0.3, 0.4) is 0 Å². The molecule has 0 spiro atoms. The van der Waals surface area contributed by atoms with Crippen LogP contribution in [0.15, 0.2) is 36.5 Å². The lowest BCUT2D eigenvalue weighted by molar-refractivity contribution is -0.144. The van der Waals surface area contributed by atoms with Crippen molar-refractivity contribution in [1.82, 2.24) is 4.98 Å². The number of hydrogen-bond donors (Lipinski definition) is 0. The van der Waals surface area contributed by atoms with Gasteiger partial charge in [0.2, 0.25) is 0 Å². The molecular formula is C13H17NO2. The van der Waals surface area contributed by atoms with Gasteiger partial charge in [0.25, 0.3) is 0 Å². The van der Waals surface area contributed by atoms with Crippen LogP contribution >= 0.6 is 0 Å². The molecule has 3 nitrogen and oxygen atoms in total. The summed E-state index contributed by atoms with van der Waals surface area (Å²) in [5.41, 5.74) is 0.755. The molecular weight excluding hydrogens is 202 g/mol. The Hall–Kier alpha value is -1.64. The van der Waals surface area contributed by atoms with Crippen molar-refractivity contribution in [2.75, 3.05) is 0 Å². The fourth-order valence-electron chi connectivity index (χ4n) is 1.31. The Morgan fingerprint density at radius 3 is 2.94 bits per heavy atom. The summed E-state index contributed by atoms with van der Waals surface area (Å²) in [5, 5.41) is 0. The average molecular weight is 219 g/mol. The zero-order valence-corrected chi connectivity index (χ0v) is 9.72. The van der Waals surface area contributed by atoms with E-state index in [-0.39, 0.29) is 12.1 Å². The van der Waals surface area contributed by atoms with Gasteiger partial charge in [-0.05, 0) is 24.6 Å². The Morgan fingerprint density at radius 2 is 2.38 bits per heavy atom. The van der Waals surface area contributed by atoms with Crippen LogP contribution in [0.25, 0.3) is 0 Å². The van der Waals surface area contributed by atoms with E-state index in [9.17, 15) is 4.79 Å². The van der Waals surface area contributed by atoms with Crippen molar-refractivity contribution < 1.29 is 9.53 Å². The Balaban J connectivity index is 2.75. The second kappa shape index (κ2) is 6.77. The summed E-state index contributed by atoms with van der Waals surface area (Å²) in [7, 11) is 0. The number of ether oxygens (including phenoxy) is 1. The first-order chi connectivity index (χ1) is 7.74. The molecule has 0 bridgehead atoms. The predicted molar refractivity (Wildman–Crippen MR) is 62.8 cm³/mol. The number of unbranched alkanes of at least 4 members (excludes halogenated alkanes) is 1. The van der Waals surface area contributed by atoms with E-state index >= 15 is 0 Å². The van der Waals surface area contributed by atoms with Crippen LogP contribution in [0.2, 0.25) is 0 Å². The highest BCUT2D eigenvalue weighted by atomic mass is 16.5. The van der Waals surface area contributed by atoms with E-state index in [1.165, 1.54) is 6.92 Å². The SMILES string of the molecule is CCC/C=C/C(OC(C)=O)c1ccccn1. The smallest absolute Gasteiger partial charge is 0.303 e. The minimum Gasteiger partial charge on any atom is -0.452 e. The molecule has 0 aliphatic heterocycles. The van der Waals surface area contributed by atoms with E-state index < -0.39 is 0 Å². The number of carbonyl (C=O) groups excluding carboxylic acids is 1. The summed E-state index contributed by atoms with van der Waals surface area (Å²) in [6, 6.07) is 5.57. The van der Waals surface area contributed by atoms with Crippen LogP contribution in [0.1, 0.15) is 38.5 Å². The normalized spacial score (nSPS) is 12.6. The summed E-state index contributed by atoms with van der Waals surface area (Å²) in [6.07, 6.45) is 7.27. The molecule has 86 valence electrons. The summed E-state index contributed by atoms with van der Waals surface area (Å²) in [4.78, 5) is 15.2. The highest BCUT2D eigenvalue weighted by molar-refractivity contribution is 5.66. The van der Waals surface area contributed by atoms with E-state index in [0.29, 0.717) is 0 Å². The molecule has 0 saturated carbocycles. The second-order valence-electron chi connectivity index (χ2n) is 3.50. The lowest BCUT2D eigenvalue weighted by atomic mass is 10.2. The van der Waals surface area contributed by atoms with E-state index in [1.807, 2.05) is 30.4 Å². The van der Waals surface area contributed by atoms with Crippen molar-refractivity contribution in [3.63, 3.8) is 0 Å². The maximum Gasteiger partial charge on any atom is 0.303 e. The summed E-state index contributed by atoms with van der Waals surface area (Å²) in [5.74, 6) is -0.295. The fourth-order valence-corrected chi connectivity index (χ4v) is 1.31. The van der Waals surface area contributed by atoms with Crippen LogP contribution in [-0.4, -0.2) is 11.0 Å². The van der Waals surface area contributed by atoms with Crippen LogP contribution < -0.4 is 0 Å². The Bertz CT molecular complexity index is 346. The molecule has 0 aromatic carbocycles. The van der Waals surface area contributed by atoms with Crippen molar-refractivity contribution in [3.05, 3.63) is 42.2 Å². The molecule has 0 aliphatic rings. The molecule has 1 heterocycles. The maximum absolute atomic E-state index is 11.0. The number of esters is 1. The largest absolute Gasteiger partial charge is 0.452 e. The molecule has 1 aromatic heterocycles. The molecule has 0 radical (unpaired) electrons. The van der Waals surface area contributed by atoms with Crippen molar-refractivity contribution in [1.29, 1.82) is 0 Å². The molecule has 1 rings (SSSR count). The number of nitrogens with zero attached hydrogens (tertiary/aromatic N) is 1. The summed E-state index contributed by atoms with van der Waals surface area (Å²) in [6.45, 7) is 3.51. The molecule has 0 N–H and O–H groups in total. The van der Waals surface area contributed by atoms with Gasteiger partial charge in [0.1, 0.15) is 0 Å². The highest BCUT2D eigenvalue weighted by Crippen LogP contribution is 2.16. The van der Waals surface area contributed by atoms with Crippen molar-refractivity contribution in [2.45, 2.75) is 32.8 Å². The molecule has 16 heavy (non-hydrogen) atoms. The lowest BCUT2D eigenvalue weighted by Gasteiger charge is -2.12. The topological polar surface area (TPSA) is 39.2 Å². The van der Waals surface area contributed by atoms with Crippen LogP contribution in [-0.2, 0) is 9.53 Å². The molecule has 3 heteroatoms. The minimum atomic E-state index is -0.370. The fraction of sp³-hybridized carbons (Fsp3) is 0.385. The first-order valence-corrected chi connectivity index (χ1v) is 5.49. The lowest BCUT2D eigenvalue weighted by Crippen LogP contribution is -2.07. The monoisotopic (exact) mass is 219 g/mol. The van der Waals surface area contributed by atoms with Gasteiger partial charge in [0.15, 0.2) is 6.10 Å². The number of hydrogen-bond acceptors (Lipinski definition) is 3. The molecule has 0 fully saturated rings. The van der Waals surface area contributed by atoms with E-state index in [4.69, 9.17) is 4.74 Å². The summed E-state index contributed by atoms with van der Waals surface area (Å²) >= 11 is 0. The van der Waals surface area contributed by atoms with Gasteiger partial charge in [0, 0.05) is 13.1 Å². The predicted octanol–water partition coefficient (Wildman–Crippen LogP) is 3.04. The van der Waals surface area contributed by atoms with E-state index in [1.54, 1.807) is 6.20 Å². The Labute approximate surface area is 96.2 Å². The third-order valence-electron chi connectivity index (χ3n) is 2.04. The number of rotatable bonds is 5. The third kappa shape index (κ3) is 4.26. The van der Waals surface area contributed by atoms with Crippen LogP contribution in [0.4, 0.5) is 0 Å². The first-order valence-electron chi connectivity index (χ1n) is 5.49. The molecule has 1 atom stereocenters. The zero-order chi connectivity index (χ0) is 11.8. The van der Waals surface area contributed by atoms with Gasteiger partial charge >= 0.3 is 5.97 Å². The van der Waals surface area contributed by atoms with Gasteiger partial charge < -0.3 is 4.74 Å². The van der Waals surface area contributed by atoms with Gasteiger partial charge in [-0.15, -0.1) is 0 Å². The van der Waals surface area contributed by atoms with Gasteiger partial charge in [-0.1, -0.05) is 25.5 Å². The molecule has 0 amide bonds. The molecule has 1 unspecified atom stereocenters. The molecule has 0 saturated heterocycles.